The number of benzene rings is 2. The fraction of sp³-hybridized carbons (Fsp3) is 0.391. The first-order valence-corrected chi connectivity index (χ1v) is 10.6. The zero-order valence-electron chi connectivity index (χ0n) is 17.0. The lowest BCUT2D eigenvalue weighted by Gasteiger charge is -2.28. The number of methoxy groups -OCH3 is 1. The lowest BCUT2D eigenvalue weighted by Crippen LogP contribution is -2.34. The Hall–Kier alpha value is -2.60. The maximum absolute atomic E-state index is 12.0. The zero-order valence-corrected chi connectivity index (χ0v) is 17.8. The molecule has 0 radical (unpaired) electrons. The van der Waals surface area contributed by atoms with E-state index in [1.165, 1.54) is 11.1 Å². The highest BCUT2D eigenvalue weighted by Gasteiger charge is 2.24. The molecule has 2 aliphatic rings. The van der Waals surface area contributed by atoms with E-state index in [2.05, 4.69) is 28.8 Å². The summed E-state index contributed by atoms with van der Waals surface area (Å²) in [5.74, 6) is 1.11. The maximum Gasteiger partial charge on any atom is 0.227 e. The van der Waals surface area contributed by atoms with Crippen molar-refractivity contribution in [2.45, 2.75) is 45.1 Å². The first-order valence-electron chi connectivity index (χ1n) is 10.2. The van der Waals surface area contributed by atoms with Crippen LogP contribution in [0.1, 0.15) is 48.4 Å². The van der Waals surface area contributed by atoms with Crippen molar-refractivity contribution in [1.82, 2.24) is 5.32 Å². The normalized spacial score (nSPS) is 18.3. The average molecular weight is 410 g/mol. The number of carbonyl (C=O) groups is 1. The molecule has 152 valence electrons. The Morgan fingerprint density at radius 1 is 1.17 bits per heavy atom. The molecule has 0 unspecified atom stereocenters. The predicted octanol–water partition coefficient (Wildman–Crippen LogP) is 4.49. The molecular weight excluding hydrogens is 382 g/mol. The van der Waals surface area contributed by atoms with Gasteiger partial charge in [0.25, 0.3) is 0 Å². The van der Waals surface area contributed by atoms with Crippen LogP contribution < -0.4 is 20.3 Å². The van der Waals surface area contributed by atoms with E-state index in [0.29, 0.717) is 11.5 Å². The van der Waals surface area contributed by atoms with Crippen molar-refractivity contribution in [3.8, 4) is 5.75 Å². The molecule has 1 atom stereocenters. The van der Waals surface area contributed by atoms with E-state index in [9.17, 15) is 4.79 Å². The smallest absolute Gasteiger partial charge is 0.227 e. The van der Waals surface area contributed by atoms with E-state index in [-0.39, 0.29) is 11.9 Å². The minimum Gasteiger partial charge on any atom is -0.497 e. The van der Waals surface area contributed by atoms with Gasteiger partial charge < -0.3 is 20.3 Å². The molecule has 1 fully saturated rings. The van der Waals surface area contributed by atoms with Gasteiger partial charge >= 0.3 is 0 Å². The molecule has 2 aromatic carbocycles. The molecule has 29 heavy (non-hydrogen) atoms. The molecule has 5 nitrogen and oxygen atoms in total. The van der Waals surface area contributed by atoms with Crippen LogP contribution >= 0.6 is 12.2 Å². The summed E-state index contributed by atoms with van der Waals surface area (Å²) in [5.41, 5.74) is 5.61. The van der Waals surface area contributed by atoms with Crippen LogP contribution in [0.15, 0.2) is 36.4 Å². The van der Waals surface area contributed by atoms with E-state index in [1.54, 1.807) is 7.11 Å². The van der Waals surface area contributed by atoms with E-state index in [0.717, 1.165) is 54.9 Å². The summed E-state index contributed by atoms with van der Waals surface area (Å²) >= 11 is 5.59. The van der Waals surface area contributed by atoms with E-state index < -0.39 is 0 Å². The van der Waals surface area contributed by atoms with Gasteiger partial charge in [0.2, 0.25) is 5.91 Å². The third-order valence-corrected chi connectivity index (χ3v) is 6.01. The minimum atomic E-state index is 0.201. The van der Waals surface area contributed by atoms with Crippen molar-refractivity contribution < 1.29 is 9.53 Å². The molecule has 1 aliphatic heterocycles. The van der Waals surface area contributed by atoms with Gasteiger partial charge in [0, 0.05) is 24.3 Å². The average Bonchev–Trinajstić information content (AvgIpc) is 3.13. The number of rotatable bonds is 4. The molecular formula is C23H27N3O2S. The molecule has 1 amide bonds. The van der Waals surface area contributed by atoms with Gasteiger partial charge in [-0.15, -0.1) is 0 Å². The van der Waals surface area contributed by atoms with Crippen molar-refractivity contribution in [3.05, 3.63) is 53.1 Å². The molecule has 2 N–H and O–H groups in total. The largest absolute Gasteiger partial charge is 0.497 e. The lowest BCUT2D eigenvalue weighted by atomic mass is 9.87. The number of aryl methyl sites for hydroxylation is 2. The third kappa shape index (κ3) is 4.22. The number of hydrogen-bond donors (Lipinski definition) is 2. The quantitative estimate of drug-likeness (QED) is 0.729. The highest BCUT2D eigenvalue weighted by Crippen LogP contribution is 2.32. The number of hydrogen-bond acceptors (Lipinski definition) is 3. The van der Waals surface area contributed by atoms with Crippen molar-refractivity contribution >= 4 is 34.6 Å². The first-order chi connectivity index (χ1) is 14.0. The summed E-state index contributed by atoms with van der Waals surface area (Å²) in [6.07, 6.45) is 4.82. The van der Waals surface area contributed by atoms with Crippen LogP contribution in [-0.2, 0) is 11.2 Å². The van der Waals surface area contributed by atoms with Gasteiger partial charge in [-0.3, -0.25) is 4.79 Å². The Balaban J connectivity index is 1.43. The minimum absolute atomic E-state index is 0.201. The molecule has 0 bridgehead atoms. The highest BCUT2D eigenvalue weighted by molar-refractivity contribution is 7.80. The van der Waals surface area contributed by atoms with Gasteiger partial charge in [-0.25, -0.2) is 0 Å². The van der Waals surface area contributed by atoms with Crippen LogP contribution in [0.4, 0.5) is 11.4 Å². The maximum atomic E-state index is 12.0. The lowest BCUT2D eigenvalue weighted by molar-refractivity contribution is -0.117. The summed E-state index contributed by atoms with van der Waals surface area (Å²) in [4.78, 5) is 13.9. The molecule has 0 saturated carbocycles. The Morgan fingerprint density at radius 3 is 2.76 bits per heavy atom. The van der Waals surface area contributed by atoms with Crippen molar-refractivity contribution in [1.29, 1.82) is 0 Å². The summed E-state index contributed by atoms with van der Waals surface area (Å²) < 4.78 is 5.36. The van der Waals surface area contributed by atoms with Gasteiger partial charge in [-0.2, -0.15) is 0 Å². The van der Waals surface area contributed by atoms with Crippen molar-refractivity contribution in [2.75, 3.05) is 23.9 Å². The number of carbonyl (C=O) groups excluding carboxylic acids is 1. The van der Waals surface area contributed by atoms with Gasteiger partial charge in [0.05, 0.1) is 13.2 Å². The molecule has 6 heteroatoms. The summed E-state index contributed by atoms with van der Waals surface area (Å²) in [6, 6.07) is 12.5. The number of nitrogens with one attached hydrogen (secondary N) is 2. The first kappa shape index (κ1) is 19.7. The Labute approximate surface area is 177 Å². The van der Waals surface area contributed by atoms with Crippen LogP contribution in [0.25, 0.3) is 0 Å². The van der Waals surface area contributed by atoms with Crippen LogP contribution in [0.3, 0.4) is 0 Å². The molecule has 1 saturated heterocycles. The second-order valence-corrected chi connectivity index (χ2v) is 8.17. The second-order valence-electron chi connectivity index (χ2n) is 7.76. The zero-order chi connectivity index (χ0) is 20.4. The Morgan fingerprint density at radius 2 is 2.03 bits per heavy atom. The summed E-state index contributed by atoms with van der Waals surface area (Å²) in [6.45, 7) is 2.84. The fourth-order valence-corrected chi connectivity index (χ4v) is 4.59. The van der Waals surface area contributed by atoms with Gasteiger partial charge in [-0.05, 0) is 91.8 Å². The third-order valence-electron chi connectivity index (χ3n) is 5.79. The topological polar surface area (TPSA) is 53.6 Å². The van der Waals surface area contributed by atoms with Gasteiger partial charge in [-0.1, -0.05) is 6.07 Å². The molecule has 2 aromatic rings. The number of nitrogens with zero attached hydrogens (tertiary/aromatic N) is 1. The number of amides is 1. The standard InChI is InChI=1S/C23H27N3O2S/c1-15-13-17(8-11-21(15)26-12-4-7-22(26)27)24-23(29)25-20-6-3-5-16-14-18(28-2)9-10-19(16)20/h8-11,13-14,20H,3-7,12H2,1-2H3,(H2,24,25,29)/t20-/m1/s1. The molecule has 1 aliphatic carbocycles. The van der Waals surface area contributed by atoms with Gasteiger partial charge in [0.15, 0.2) is 5.11 Å². The van der Waals surface area contributed by atoms with E-state index in [4.69, 9.17) is 17.0 Å². The van der Waals surface area contributed by atoms with Gasteiger partial charge in [0.1, 0.15) is 5.75 Å². The fourth-order valence-electron chi connectivity index (χ4n) is 4.33. The molecule has 1 heterocycles. The molecule has 0 aromatic heterocycles. The number of anilines is 2. The monoisotopic (exact) mass is 409 g/mol. The SMILES string of the molecule is COc1ccc2c(c1)CCC[C@H]2NC(=S)Nc1ccc(N2CCCC2=O)c(C)c1. The van der Waals surface area contributed by atoms with Crippen molar-refractivity contribution in [3.63, 3.8) is 0 Å². The molecule has 0 spiro atoms. The van der Waals surface area contributed by atoms with E-state index in [1.807, 2.05) is 30.0 Å². The number of fused-ring (bicyclic) bond motifs is 1. The second kappa shape index (κ2) is 8.41. The van der Waals surface area contributed by atoms with Crippen LogP contribution in [-0.4, -0.2) is 24.7 Å². The summed E-state index contributed by atoms with van der Waals surface area (Å²) in [7, 11) is 1.70. The predicted molar refractivity (Wildman–Crippen MR) is 121 cm³/mol. The Bertz CT molecular complexity index is 944. The van der Waals surface area contributed by atoms with E-state index >= 15 is 0 Å². The number of ether oxygens (including phenoxy) is 1. The van der Waals surface area contributed by atoms with Crippen LogP contribution in [0.5, 0.6) is 5.75 Å². The van der Waals surface area contributed by atoms with Crippen LogP contribution in [0, 0.1) is 6.92 Å². The number of thiocarbonyl (C=S) groups is 1. The highest BCUT2D eigenvalue weighted by atomic mass is 32.1. The van der Waals surface area contributed by atoms with Crippen LogP contribution in [0.2, 0.25) is 0 Å². The summed E-state index contributed by atoms with van der Waals surface area (Å²) in [5, 5.41) is 7.39. The molecule has 4 rings (SSSR count). The van der Waals surface area contributed by atoms with Crippen molar-refractivity contribution in [2.24, 2.45) is 0 Å². The Kier molecular flexibility index (Phi) is 5.72.